The number of amides is 1. The van der Waals surface area contributed by atoms with E-state index in [-0.39, 0.29) is 19.2 Å². The Labute approximate surface area is 105 Å². The Hall–Kier alpha value is -1.92. The zero-order valence-electron chi connectivity index (χ0n) is 9.74. The molecule has 0 aliphatic rings. The smallest absolute Gasteiger partial charge is 0.405 e. The van der Waals surface area contributed by atoms with E-state index in [1.54, 1.807) is 0 Å². The van der Waals surface area contributed by atoms with Gasteiger partial charge in [0.1, 0.15) is 12.3 Å². The van der Waals surface area contributed by atoms with Crippen molar-refractivity contribution in [3.05, 3.63) is 35.9 Å². The highest BCUT2D eigenvalue weighted by molar-refractivity contribution is 5.71. The summed E-state index contributed by atoms with van der Waals surface area (Å²) in [5, 5.41) is 22.8. The average molecular weight is 252 g/mol. The Morgan fingerprint density at radius 3 is 2.50 bits per heavy atom. The van der Waals surface area contributed by atoms with Crippen LogP contribution in [0.2, 0.25) is 0 Å². The fourth-order valence-electron chi connectivity index (χ4n) is 1.53. The van der Waals surface area contributed by atoms with Crippen LogP contribution in [0.1, 0.15) is 11.6 Å². The minimum atomic E-state index is -1.26. The molecule has 0 aromatic heterocycles. The summed E-state index contributed by atoms with van der Waals surface area (Å²) in [6.07, 6.45) is -0.741. The molecule has 18 heavy (non-hydrogen) atoms. The molecule has 0 aliphatic carbocycles. The molecule has 1 aromatic carbocycles. The molecule has 0 unspecified atom stereocenters. The molecule has 0 aliphatic heterocycles. The molecule has 1 amide bonds. The van der Waals surface area contributed by atoms with Crippen molar-refractivity contribution in [3.8, 4) is 0 Å². The zero-order chi connectivity index (χ0) is 13.4. The number of carboxylic acid groups (broad SMARTS) is 1. The van der Waals surface area contributed by atoms with Crippen LogP contribution in [0.25, 0.3) is 0 Å². The molecular weight excluding hydrogens is 236 g/mol. The summed E-state index contributed by atoms with van der Waals surface area (Å²) in [6.45, 7) is -0.0153. The average Bonchev–Trinajstić information content (AvgIpc) is 2.39. The van der Waals surface area contributed by atoms with Crippen molar-refractivity contribution < 1.29 is 19.8 Å². The van der Waals surface area contributed by atoms with E-state index >= 15 is 0 Å². The summed E-state index contributed by atoms with van der Waals surface area (Å²) in [5.74, 6) is 0. The van der Waals surface area contributed by atoms with Crippen molar-refractivity contribution in [2.24, 2.45) is 0 Å². The second-order valence-electron chi connectivity index (χ2n) is 3.75. The molecular formula is C12H16N2O4. The maximum Gasteiger partial charge on any atom is 0.405 e. The number of nitrogens with one attached hydrogen (secondary N) is 2. The highest BCUT2D eigenvalue weighted by atomic mass is 16.4. The summed E-state index contributed by atoms with van der Waals surface area (Å²) in [5.41, 5.74) is 0.875. The van der Waals surface area contributed by atoms with Crippen LogP contribution in [-0.2, 0) is 4.79 Å². The molecule has 1 rings (SSSR count). The summed E-state index contributed by atoms with van der Waals surface area (Å²) in [4.78, 5) is 21.1. The lowest BCUT2D eigenvalue weighted by Gasteiger charge is -2.19. The van der Waals surface area contributed by atoms with Gasteiger partial charge in [0.05, 0.1) is 12.6 Å². The Balaban J connectivity index is 2.54. The molecule has 0 radical (unpaired) electrons. The van der Waals surface area contributed by atoms with Gasteiger partial charge in [-0.25, -0.2) is 4.79 Å². The van der Waals surface area contributed by atoms with Crippen molar-refractivity contribution in [3.63, 3.8) is 0 Å². The number of rotatable bonds is 7. The van der Waals surface area contributed by atoms with Crippen LogP contribution in [0.3, 0.4) is 0 Å². The molecule has 6 nitrogen and oxygen atoms in total. The van der Waals surface area contributed by atoms with Crippen LogP contribution < -0.4 is 10.6 Å². The maximum absolute atomic E-state index is 10.6. The predicted molar refractivity (Wildman–Crippen MR) is 65.3 cm³/mol. The van der Waals surface area contributed by atoms with Crippen molar-refractivity contribution in [1.29, 1.82) is 0 Å². The van der Waals surface area contributed by atoms with Crippen LogP contribution in [0, 0.1) is 0 Å². The molecule has 98 valence electrons. The standard InChI is InChI=1S/C12H16N2O4/c15-7-10(14-12(17)18)6-13-11(8-16)9-4-2-1-3-5-9/h1-5,7,10-11,13-14,16H,6,8H2,(H,17,18)/t10-,11-/m1/s1. The highest BCUT2D eigenvalue weighted by Gasteiger charge is 2.14. The Morgan fingerprint density at radius 1 is 1.33 bits per heavy atom. The van der Waals surface area contributed by atoms with Gasteiger partial charge in [-0.15, -0.1) is 0 Å². The van der Waals surface area contributed by atoms with Crippen LogP contribution in [0.4, 0.5) is 4.79 Å². The van der Waals surface area contributed by atoms with Gasteiger partial charge in [-0.05, 0) is 5.56 Å². The number of benzene rings is 1. The second-order valence-corrected chi connectivity index (χ2v) is 3.75. The summed E-state index contributed by atoms with van der Waals surface area (Å²) >= 11 is 0. The van der Waals surface area contributed by atoms with Crippen LogP contribution in [0.5, 0.6) is 0 Å². The monoisotopic (exact) mass is 252 g/mol. The minimum Gasteiger partial charge on any atom is -0.465 e. The Morgan fingerprint density at radius 2 is 2.00 bits per heavy atom. The molecule has 2 atom stereocenters. The van der Waals surface area contributed by atoms with Crippen molar-refractivity contribution in [2.45, 2.75) is 12.1 Å². The quantitative estimate of drug-likeness (QED) is 0.518. The van der Waals surface area contributed by atoms with Gasteiger partial charge in [0, 0.05) is 6.54 Å². The zero-order valence-corrected chi connectivity index (χ0v) is 9.74. The first-order valence-electron chi connectivity index (χ1n) is 5.51. The van der Waals surface area contributed by atoms with Gasteiger partial charge < -0.3 is 25.6 Å². The van der Waals surface area contributed by atoms with Gasteiger partial charge in [-0.3, -0.25) is 0 Å². The largest absolute Gasteiger partial charge is 0.465 e. The van der Waals surface area contributed by atoms with Crippen LogP contribution >= 0.6 is 0 Å². The molecule has 6 heteroatoms. The summed E-state index contributed by atoms with van der Waals surface area (Å²) in [6, 6.07) is 8.06. The van der Waals surface area contributed by atoms with Crippen molar-refractivity contribution >= 4 is 12.4 Å². The molecule has 0 spiro atoms. The lowest BCUT2D eigenvalue weighted by atomic mass is 10.1. The highest BCUT2D eigenvalue weighted by Crippen LogP contribution is 2.10. The van der Waals surface area contributed by atoms with E-state index in [0.717, 1.165) is 5.56 Å². The number of hydrogen-bond acceptors (Lipinski definition) is 4. The van der Waals surface area contributed by atoms with Gasteiger partial charge in [-0.2, -0.15) is 0 Å². The fraction of sp³-hybridized carbons (Fsp3) is 0.333. The van der Waals surface area contributed by atoms with Crippen molar-refractivity contribution in [2.75, 3.05) is 13.2 Å². The van der Waals surface area contributed by atoms with Crippen LogP contribution in [-0.4, -0.2) is 41.8 Å². The second kappa shape index (κ2) is 7.41. The number of aliphatic hydroxyl groups excluding tert-OH is 1. The number of aliphatic hydroxyl groups is 1. The number of hydrogen-bond donors (Lipinski definition) is 4. The molecule has 1 aromatic rings. The van der Waals surface area contributed by atoms with Gasteiger partial charge in [0.15, 0.2) is 0 Å². The topological polar surface area (TPSA) is 98.7 Å². The number of carbonyl (C=O) groups is 2. The predicted octanol–water partition coefficient (Wildman–Crippen LogP) is 0.145. The summed E-state index contributed by atoms with van der Waals surface area (Å²) in [7, 11) is 0. The lowest BCUT2D eigenvalue weighted by Crippen LogP contribution is -2.43. The van der Waals surface area contributed by atoms with Gasteiger partial charge >= 0.3 is 6.09 Å². The minimum absolute atomic E-state index is 0.121. The SMILES string of the molecule is O=C[C@@H](CN[C@H](CO)c1ccccc1)NC(=O)O. The van der Waals surface area contributed by atoms with Gasteiger partial charge in [0.25, 0.3) is 0 Å². The Kier molecular flexibility index (Phi) is 5.83. The Bertz CT molecular complexity index is 383. The van der Waals surface area contributed by atoms with E-state index in [1.807, 2.05) is 30.3 Å². The molecule has 0 bridgehead atoms. The van der Waals surface area contributed by atoms with E-state index in [9.17, 15) is 14.7 Å². The third-order valence-electron chi connectivity index (χ3n) is 2.44. The maximum atomic E-state index is 10.6. The fourth-order valence-corrected chi connectivity index (χ4v) is 1.53. The van der Waals surface area contributed by atoms with Crippen LogP contribution in [0.15, 0.2) is 30.3 Å². The molecule has 0 saturated carbocycles. The van der Waals surface area contributed by atoms with E-state index in [2.05, 4.69) is 10.6 Å². The number of aldehydes is 1. The van der Waals surface area contributed by atoms with E-state index in [0.29, 0.717) is 6.29 Å². The first-order chi connectivity index (χ1) is 8.67. The summed E-state index contributed by atoms with van der Waals surface area (Å²) < 4.78 is 0. The molecule has 4 N–H and O–H groups in total. The molecule has 0 saturated heterocycles. The number of carbonyl (C=O) groups excluding carboxylic acids is 1. The molecule has 0 heterocycles. The van der Waals surface area contributed by atoms with Crippen molar-refractivity contribution in [1.82, 2.24) is 10.6 Å². The lowest BCUT2D eigenvalue weighted by molar-refractivity contribution is -0.109. The van der Waals surface area contributed by atoms with E-state index in [1.165, 1.54) is 0 Å². The third-order valence-corrected chi connectivity index (χ3v) is 2.44. The normalized spacial score (nSPS) is 13.6. The van der Waals surface area contributed by atoms with Gasteiger partial charge in [0.2, 0.25) is 0 Å². The van der Waals surface area contributed by atoms with E-state index in [4.69, 9.17) is 5.11 Å². The van der Waals surface area contributed by atoms with E-state index < -0.39 is 12.1 Å². The first-order valence-corrected chi connectivity index (χ1v) is 5.51. The first kappa shape index (κ1) is 14.1. The third kappa shape index (κ3) is 4.52. The molecule has 0 fully saturated rings. The van der Waals surface area contributed by atoms with Gasteiger partial charge in [-0.1, -0.05) is 30.3 Å².